The minimum absolute atomic E-state index is 0.150. The molecule has 0 fully saturated rings. The molecule has 2 rings (SSSR count). The molecule has 3 N–H and O–H groups in total. The third kappa shape index (κ3) is 5.33. The molecule has 0 unspecified atom stereocenters. The highest BCUT2D eigenvalue weighted by Crippen LogP contribution is 2.14. The van der Waals surface area contributed by atoms with Gasteiger partial charge in [-0.25, -0.2) is 9.97 Å². The molecule has 1 aromatic carbocycles. The molecule has 0 spiro atoms. The summed E-state index contributed by atoms with van der Waals surface area (Å²) in [6, 6.07) is 6.81. The Morgan fingerprint density at radius 1 is 1.04 bits per heavy atom. The number of rotatable bonds is 7. The van der Waals surface area contributed by atoms with E-state index in [1.54, 1.807) is 31.4 Å². The molecule has 0 saturated heterocycles. The number of carbonyl (C=O) groups is 2. The van der Waals surface area contributed by atoms with Gasteiger partial charge in [-0.05, 0) is 24.3 Å². The molecule has 0 radical (unpaired) electrons. The van der Waals surface area contributed by atoms with Crippen LogP contribution in [0.15, 0.2) is 36.7 Å². The zero-order valence-electron chi connectivity index (χ0n) is 13.5. The predicted octanol–water partition coefficient (Wildman–Crippen LogP) is 1.75. The van der Waals surface area contributed by atoms with E-state index in [4.69, 9.17) is 4.74 Å². The van der Waals surface area contributed by atoms with E-state index in [9.17, 15) is 9.59 Å². The van der Waals surface area contributed by atoms with Crippen molar-refractivity contribution in [2.24, 2.45) is 0 Å². The molecule has 0 aliphatic heterocycles. The van der Waals surface area contributed by atoms with Crippen LogP contribution in [-0.4, -0.2) is 42.0 Å². The summed E-state index contributed by atoms with van der Waals surface area (Å²) in [5, 5.41) is 8.36. The highest BCUT2D eigenvalue weighted by molar-refractivity contribution is 6.04. The monoisotopic (exact) mass is 329 g/mol. The number of anilines is 3. The molecule has 0 atom stereocenters. The molecule has 2 amide bonds. The lowest BCUT2D eigenvalue weighted by Crippen LogP contribution is -2.14. The highest BCUT2D eigenvalue weighted by Gasteiger charge is 2.08. The van der Waals surface area contributed by atoms with Crippen molar-refractivity contribution in [1.29, 1.82) is 0 Å². The Morgan fingerprint density at radius 2 is 1.62 bits per heavy atom. The molecule has 0 bridgehead atoms. The van der Waals surface area contributed by atoms with Gasteiger partial charge in [-0.3, -0.25) is 9.59 Å². The quantitative estimate of drug-likeness (QED) is 0.668. The Bertz CT molecular complexity index is 686. The minimum Gasteiger partial charge on any atom is -0.383 e. The number of hydrogen-bond donors (Lipinski definition) is 3. The fraction of sp³-hybridized carbons (Fsp3) is 0.250. The van der Waals surface area contributed by atoms with E-state index in [1.807, 2.05) is 0 Å². The van der Waals surface area contributed by atoms with Crippen LogP contribution in [0.4, 0.5) is 17.3 Å². The molecule has 126 valence electrons. The average molecular weight is 329 g/mol. The molecule has 0 saturated carbocycles. The van der Waals surface area contributed by atoms with Crippen molar-refractivity contribution in [3.8, 4) is 0 Å². The van der Waals surface area contributed by atoms with Crippen LogP contribution in [0.2, 0.25) is 0 Å². The number of hydrogen-bond acceptors (Lipinski definition) is 6. The Labute approximate surface area is 139 Å². The van der Waals surface area contributed by atoms with E-state index in [0.717, 1.165) is 0 Å². The van der Waals surface area contributed by atoms with E-state index in [2.05, 4.69) is 25.9 Å². The van der Waals surface area contributed by atoms with Gasteiger partial charge in [-0.2, -0.15) is 0 Å². The molecule has 8 nitrogen and oxygen atoms in total. The summed E-state index contributed by atoms with van der Waals surface area (Å²) in [4.78, 5) is 31.3. The Kier molecular flexibility index (Phi) is 6.21. The van der Waals surface area contributed by atoms with Crippen molar-refractivity contribution in [3.05, 3.63) is 42.2 Å². The smallest absolute Gasteiger partial charge is 0.258 e. The van der Waals surface area contributed by atoms with E-state index in [1.165, 1.54) is 19.3 Å². The average Bonchev–Trinajstić information content (AvgIpc) is 2.57. The number of benzene rings is 1. The summed E-state index contributed by atoms with van der Waals surface area (Å²) in [7, 11) is 1.61. The molecule has 0 aliphatic rings. The Balaban J connectivity index is 1.93. The summed E-state index contributed by atoms with van der Waals surface area (Å²) < 4.78 is 4.92. The molecular weight excluding hydrogens is 310 g/mol. The molecule has 1 aromatic heterocycles. The Morgan fingerprint density at radius 3 is 2.17 bits per heavy atom. The van der Waals surface area contributed by atoms with Crippen LogP contribution >= 0.6 is 0 Å². The van der Waals surface area contributed by atoms with Gasteiger partial charge in [0.15, 0.2) is 0 Å². The van der Waals surface area contributed by atoms with Gasteiger partial charge in [0.05, 0.1) is 12.2 Å². The van der Waals surface area contributed by atoms with Crippen molar-refractivity contribution >= 4 is 29.1 Å². The summed E-state index contributed by atoms with van der Waals surface area (Å²) in [5.74, 6) is -0.0305. The van der Waals surface area contributed by atoms with Crippen LogP contribution in [0.25, 0.3) is 0 Å². The summed E-state index contributed by atoms with van der Waals surface area (Å²) in [6.07, 6.45) is 2.90. The van der Waals surface area contributed by atoms with Gasteiger partial charge in [0.2, 0.25) is 11.9 Å². The molecule has 8 heteroatoms. The number of amides is 2. The van der Waals surface area contributed by atoms with E-state index in [-0.39, 0.29) is 11.8 Å². The molecule has 2 aromatic rings. The number of aromatic nitrogens is 2. The summed E-state index contributed by atoms with van der Waals surface area (Å²) in [6.45, 7) is 2.56. The number of nitrogens with zero attached hydrogens (tertiary/aromatic N) is 2. The van der Waals surface area contributed by atoms with Gasteiger partial charge in [0.1, 0.15) is 0 Å². The van der Waals surface area contributed by atoms with Gasteiger partial charge in [-0.1, -0.05) is 0 Å². The third-order valence-corrected chi connectivity index (χ3v) is 2.97. The van der Waals surface area contributed by atoms with E-state index < -0.39 is 0 Å². The van der Waals surface area contributed by atoms with Crippen molar-refractivity contribution in [2.75, 3.05) is 36.2 Å². The third-order valence-electron chi connectivity index (χ3n) is 2.97. The lowest BCUT2D eigenvalue weighted by atomic mass is 10.2. The lowest BCUT2D eigenvalue weighted by molar-refractivity contribution is -0.114. The maximum absolute atomic E-state index is 12.1. The Hall–Kier alpha value is -3.00. The maximum atomic E-state index is 12.1. The van der Waals surface area contributed by atoms with Gasteiger partial charge >= 0.3 is 0 Å². The second kappa shape index (κ2) is 8.59. The fourth-order valence-corrected chi connectivity index (χ4v) is 1.84. The van der Waals surface area contributed by atoms with Gasteiger partial charge in [0, 0.05) is 44.3 Å². The number of nitrogens with one attached hydrogen (secondary N) is 3. The number of methoxy groups -OCH3 is 1. The molecule has 24 heavy (non-hydrogen) atoms. The van der Waals surface area contributed by atoms with Gasteiger partial charge in [0.25, 0.3) is 5.91 Å². The van der Waals surface area contributed by atoms with Crippen molar-refractivity contribution < 1.29 is 14.3 Å². The topological polar surface area (TPSA) is 105 Å². The number of carbonyl (C=O) groups excluding carboxylic acids is 2. The van der Waals surface area contributed by atoms with Crippen LogP contribution in [-0.2, 0) is 9.53 Å². The predicted molar refractivity (Wildman–Crippen MR) is 91.1 cm³/mol. The van der Waals surface area contributed by atoms with Gasteiger partial charge in [-0.15, -0.1) is 0 Å². The van der Waals surface area contributed by atoms with Crippen LogP contribution < -0.4 is 16.0 Å². The SMILES string of the molecule is COCCNc1ncc(C(=O)Nc2ccc(NC(C)=O)cc2)cn1. The molecule has 1 heterocycles. The fourth-order valence-electron chi connectivity index (χ4n) is 1.84. The normalized spacial score (nSPS) is 10.1. The zero-order chi connectivity index (χ0) is 17.4. The van der Waals surface area contributed by atoms with Crippen LogP contribution in [0.5, 0.6) is 0 Å². The highest BCUT2D eigenvalue weighted by atomic mass is 16.5. The van der Waals surface area contributed by atoms with Crippen LogP contribution in [0, 0.1) is 0 Å². The second-order valence-corrected chi connectivity index (χ2v) is 4.93. The molecular formula is C16H19N5O3. The van der Waals surface area contributed by atoms with Crippen molar-refractivity contribution in [1.82, 2.24) is 9.97 Å². The minimum atomic E-state index is -0.314. The lowest BCUT2D eigenvalue weighted by Gasteiger charge is -2.07. The van der Waals surface area contributed by atoms with E-state index in [0.29, 0.717) is 36.0 Å². The summed E-state index contributed by atoms with van der Waals surface area (Å²) in [5.41, 5.74) is 1.62. The first-order valence-corrected chi connectivity index (χ1v) is 7.32. The van der Waals surface area contributed by atoms with Crippen molar-refractivity contribution in [3.63, 3.8) is 0 Å². The zero-order valence-corrected chi connectivity index (χ0v) is 13.5. The van der Waals surface area contributed by atoms with Crippen LogP contribution in [0.3, 0.4) is 0 Å². The first-order chi connectivity index (χ1) is 11.6. The number of ether oxygens (including phenoxy) is 1. The van der Waals surface area contributed by atoms with Crippen LogP contribution in [0.1, 0.15) is 17.3 Å². The van der Waals surface area contributed by atoms with Crippen molar-refractivity contribution in [2.45, 2.75) is 6.92 Å². The first-order valence-electron chi connectivity index (χ1n) is 7.32. The van der Waals surface area contributed by atoms with E-state index >= 15 is 0 Å². The molecule has 0 aliphatic carbocycles. The largest absolute Gasteiger partial charge is 0.383 e. The maximum Gasteiger partial charge on any atom is 0.258 e. The standard InChI is InChI=1S/C16H19N5O3/c1-11(22)20-13-3-5-14(6-4-13)21-15(23)12-9-18-16(19-10-12)17-7-8-24-2/h3-6,9-10H,7-8H2,1-2H3,(H,20,22)(H,21,23)(H,17,18,19). The van der Waals surface area contributed by atoms with Gasteiger partial charge < -0.3 is 20.7 Å². The first kappa shape index (κ1) is 17.4. The second-order valence-electron chi connectivity index (χ2n) is 4.93. The summed E-state index contributed by atoms with van der Waals surface area (Å²) >= 11 is 0.